The van der Waals surface area contributed by atoms with E-state index in [0.29, 0.717) is 25.3 Å². The maximum Gasteiger partial charge on any atom is 0.397 e. The van der Waals surface area contributed by atoms with E-state index >= 15 is 0 Å². The van der Waals surface area contributed by atoms with Gasteiger partial charge in [0.15, 0.2) is 0 Å². The highest BCUT2D eigenvalue weighted by atomic mass is 16.7. The molecule has 0 fully saturated rings. The van der Waals surface area contributed by atoms with Crippen LogP contribution in [0, 0.1) is 0 Å². The Morgan fingerprint density at radius 1 is 0.857 bits per heavy atom. The van der Waals surface area contributed by atoms with Crippen molar-refractivity contribution in [3.05, 3.63) is 102 Å². The highest BCUT2D eigenvalue weighted by molar-refractivity contribution is 5.88. The molecule has 3 aromatic carbocycles. The molecule has 3 aromatic rings. The van der Waals surface area contributed by atoms with Crippen LogP contribution in [0.5, 0.6) is 5.75 Å². The van der Waals surface area contributed by atoms with Crippen LogP contribution in [0.4, 0.5) is 0 Å². The van der Waals surface area contributed by atoms with E-state index in [1.165, 1.54) is 0 Å². The zero-order chi connectivity index (χ0) is 19.8. The number of hydrogen-bond donors (Lipinski definition) is 0. The number of hydroxylamine groups is 3. The SMILES string of the molecule is CC[N+](C)(Cc1ccccc1OCc1ccccc1)OC(=O)c1ccccc1. The van der Waals surface area contributed by atoms with Gasteiger partial charge in [0.05, 0.1) is 11.1 Å². The van der Waals surface area contributed by atoms with E-state index in [9.17, 15) is 4.79 Å². The molecule has 0 aliphatic rings. The zero-order valence-electron chi connectivity index (χ0n) is 16.4. The number of hydrogen-bond acceptors (Lipinski definition) is 3. The van der Waals surface area contributed by atoms with Gasteiger partial charge >= 0.3 is 5.97 Å². The molecule has 0 radical (unpaired) electrons. The monoisotopic (exact) mass is 376 g/mol. The summed E-state index contributed by atoms with van der Waals surface area (Å²) in [5.74, 6) is 0.479. The highest BCUT2D eigenvalue weighted by Gasteiger charge is 2.28. The molecule has 1 unspecified atom stereocenters. The van der Waals surface area contributed by atoms with E-state index in [1.807, 2.05) is 86.8 Å². The first-order valence-electron chi connectivity index (χ1n) is 9.48. The Kier molecular flexibility index (Phi) is 6.45. The van der Waals surface area contributed by atoms with Crippen molar-refractivity contribution in [1.29, 1.82) is 0 Å². The average molecular weight is 376 g/mol. The number of quaternary nitrogens is 1. The predicted molar refractivity (Wildman–Crippen MR) is 110 cm³/mol. The molecule has 0 saturated carbocycles. The van der Waals surface area contributed by atoms with Crippen molar-refractivity contribution in [1.82, 2.24) is 0 Å². The number of carbonyl (C=O) groups excluding carboxylic acids is 1. The van der Waals surface area contributed by atoms with Crippen LogP contribution in [0.15, 0.2) is 84.9 Å². The van der Waals surface area contributed by atoms with Gasteiger partial charge in [-0.15, -0.1) is 4.65 Å². The lowest BCUT2D eigenvalue weighted by Crippen LogP contribution is -2.44. The van der Waals surface area contributed by atoms with Crippen molar-refractivity contribution in [3.63, 3.8) is 0 Å². The molecule has 0 saturated heterocycles. The molecule has 0 aromatic heterocycles. The first-order chi connectivity index (χ1) is 13.6. The topological polar surface area (TPSA) is 35.5 Å². The van der Waals surface area contributed by atoms with Crippen LogP contribution in [0.2, 0.25) is 0 Å². The largest absolute Gasteiger partial charge is 0.488 e. The van der Waals surface area contributed by atoms with E-state index in [2.05, 4.69) is 0 Å². The molecule has 0 N–H and O–H groups in total. The third-order valence-electron chi connectivity index (χ3n) is 4.70. The van der Waals surface area contributed by atoms with Crippen molar-refractivity contribution in [3.8, 4) is 5.75 Å². The van der Waals surface area contributed by atoms with Gasteiger partial charge in [-0.05, 0) is 36.8 Å². The Bertz CT molecular complexity index is 896. The van der Waals surface area contributed by atoms with E-state index in [4.69, 9.17) is 9.57 Å². The van der Waals surface area contributed by atoms with Gasteiger partial charge in [0.1, 0.15) is 32.5 Å². The second-order valence-corrected chi connectivity index (χ2v) is 6.90. The second kappa shape index (κ2) is 9.20. The molecular weight excluding hydrogens is 350 g/mol. The van der Waals surface area contributed by atoms with Gasteiger partial charge in [-0.25, -0.2) is 4.79 Å². The Morgan fingerprint density at radius 3 is 2.14 bits per heavy atom. The molecule has 3 rings (SSSR count). The first-order valence-corrected chi connectivity index (χ1v) is 9.48. The summed E-state index contributed by atoms with van der Waals surface area (Å²) in [4.78, 5) is 18.4. The van der Waals surface area contributed by atoms with Gasteiger partial charge in [-0.2, -0.15) is 0 Å². The van der Waals surface area contributed by atoms with Crippen molar-refractivity contribution < 1.29 is 19.0 Å². The molecule has 28 heavy (non-hydrogen) atoms. The number of carbonyl (C=O) groups is 1. The van der Waals surface area contributed by atoms with Crippen molar-refractivity contribution in [2.75, 3.05) is 13.6 Å². The fourth-order valence-electron chi connectivity index (χ4n) is 2.91. The maximum absolute atomic E-state index is 12.5. The lowest BCUT2D eigenvalue weighted by molar-refractivity contribution is -1.08. The predicted octanol–water partition coefficient (Wildman–Crippen LogP) is 5.00. The third-order valence-corrected chi connectivity index (χ3v) is 4.70. The molecule has 0 bridgehead atoms. The fraction of sp³-hybridized carbons (Fsp3) is 0.208. The number of ether oxygens (including phenoxy) is 1. The van der Waals surface area contributed by atoms with Crippen molar-refractivity contribution in [2.24, 2.45) is 0 Å². The average Bonchev–Trinajstić information content (AvgIpc) is 2.74. The third kappa shape index (κ3) is 5.21. The Labute approximate surface area is 166 Å². The maximum atomic E-state index is 12.5. The normalized spacial score (nSPS) is 12.8. The first kappa shape index (κ1) is 19.6. The van der Waals surface area contributed by atoms with Crippen LogP contribution >= 0.6 is 0 Å². The van der Waals surface area contributed by atoms with Gasteiger partial charge in [0.2, 0.25) is 0 Å². The molecule has 4 nitrogen and oxygen atoms in total. The van der Waals surface area contributed by atoms with Crippen LogP contribution in [0.1, 0.15) is 28.4 Å². The number of para-hydroxylation sites is 1. The summed E-state index contributed by atoms with van der Waals surface area (Å²) in [6.45, 7) is 3.68. The minimum atomic E-state index is -0.326. The molecule has 0 aliphatic heterocycles. The Hall–Kier alpha value is -3.11. The molecule has 1 atom stereocenters. The summed E-state index contributed by atoms with van der Waals surface area (Å²) in [5, 5.41) is 0. The minimum Gasteiger partial charge on any atom is -0.488 e. The number of nitrogens with zero attached hydrogens (tertiary/aromatic N) is 1. The van der Waals surface area contributed by atoms with E-state index < -0.39 is 0 Å². The highest BCUT2D eigenvalue weighted by Crippen LogP contribution is 2.24. The van der Waals surface area contributed by atoms with Crippen LogP contribution < -0.4 is 4.74 Å². The van der Waals surface area contributed by atoms with Gasteiger partial charge in [0, 0.05) is 0 Å². The van der Waals surface area contributed by atoms with E-state index in [1.54, 1.807) is 12.1 Å². The van der Waals surface area contributed by atoms with Crippen molar-refractivity contribution >= 4 is 5.97 Å². The smallest absolute Gasteiger partial charge is 0.397 e. The summed E-state index contributed by atoms with van der Waals surface area (Å²) in [7, 11) is 1.91. The van der Waals surface area contributed by atoms with Crippen LogP contribution in [-0.2, 0) is 18.0 Å². The second-order valence-electron chi connectivity index (χ2n) is 6.90. The standard InChI is InChI=1S/C24H26NO3/c1-3-25(2,28-24(26)21-14-8-5-9-15-21)18-22-16-10-11-17-23(22)27-19-20-12-6-4-7-13-20/h4-17H,3,18-19H2,1-2H3/q+1. The summed E-state index contributed by atoms with van der Waals surface area (Å²) < 4.78 is 6.19. The molecule has 0 spiro atoms. The van der Waals surface area contributed by atoms with Crippen LogP contribution in [0.3, 0.4) is 0 Å². The lowest BCUT2D eigenvalue weighted by Gasteiger charge is -2.30. The van der Waals surface area contributed by atoms with Gasteiger partial charge in [-0.1, -0.05) is 60.7 Å². The van der Waals surface area contributed by atoms with Gasteiger partial charge in [-0.3, -0.25) is 4.84 Å². The molecule has 4 heteroatoms. The summed E-state index contributed by atoms with van der Waals surface area (Å²) >= 11 is 0. The fourth-order valence-corrected chi connectivity index (χ4v) is 2.91. The molecule has 0 amide bonds. The zero-order valence-corrected chi connectivity index (χ0v) is 16.4. The molecule has 0 aliphatic carbocycles. The van der Waals surface area contributed by atoms with Crippen LogP contribution in [-0.4, -0.2) is 24.2 Å². The van der Waals surface area contributed by atoms with E-state index in [-0.39, 0.29) is 10.6 Å². The summed E-state index contributed by atoms with van der Waals surface area (Å²) in [5.41, 5.74) is 2.66. The molecular formula is C24H26NO3+. The summed E-state index contributed by atoms with van der Waals surface area (Å²) in [6, 6.07) is 27.0. The number of benzene rings is 3. The minimum absolute atomic E-state index is 0.138. The van der Waals surface area contributed by atoms with E-state index in [0.717, 1.165) is 16.9 Å². The van der Waals surface area contributed by atoms with Gasteiger partial charge in [0.25, 0.3) is 0 Å². The number of rotatable bonds is 8. The summed E-state index contributed by atoms with van der Waals surface area (Å²) in [6.07, 6.45) is 0. The molecule has 0 heterocycles. The Morgan fingerprint density at radius 2 is 1.46 bits per heavy atom. The van der Waals surface area contributed by atoms with Crippen molar-refractivity contribution in [2.45, 2.75) is 20.1 Å². The quantitative estimate of drug-likeness (QED) is 0.410. The Balaban J connectivity index is 1.72. The lowest BCUT2D eigenvalue weighted by atomic mass is 10.2. The van der Waals surface area contributed by atoms with Crippen LogP contribution in [0.25, 0.3) is 0 Å². The molecule has 144 valence electrons. The van der Waals surface area contributed by atoms with Gasteiger partial charge < -0.3 is 4.74 Å².